The predicted molar refractivity (Wildman–Crippen MR) is 74.3 cm³/mol. The summed E-state index contributed by atoms with van der Waals surface area (Å²) in [5.74, 6) is -21.3. The fraction of sp³-hybridized carbons (Fsp3) is 0.500. The van der Waals surface area contributed by atoms with Crippen molar-refractivity contribution in [3.8, 4) is 0 Å². The second-order valence-corrected chi connectivity index (χ2v) is 8.74. The van der Waals surface area contributed by atoms with E-state index in [1.54, 1.807) is 0 Å². The van der Waals surface area contributed by atoms with Crippen molar-refractivity contribution in [1.82, 2.24) is 0 Å². The largest absolute Gasteiger partial charge is 0.382 e. The highest BCUT2D eigenvalue weighted by Gasteiger charge is 2.83. The van der Waals surface area contributed by atoms with E-state index in [1.807, 2.05) is 0 Å². The third-order valence-electron chi connectivity index (χ3n) is 3.04. The van der Waals surface area contributed by atoms with Crippen LogP contribution in [0.2, 0.25) is 0 Å². The summed E-state index contributed by atoms with van der Waals surface area (Å²) in [5, 5.41) is 0. The molecule has 0 aliphatic heterocycles. The Morgan fingerprint density at radius 3 is 1.72 bits per heavy atom. The van der Waals surface area contributed by atoms with Crippen LogP contribution < -0.4 is 0 Å². The van der Waals surface area contributed by atoms with Crippen LogP contribution in [-0.4, -0.2) is 36.3 Å². The van der Waals surface area contributed by atoms with Crippen LogP contribution in [0, 0.1) is 0 Å². The first-order valence-corrected chi connectivity index (χ1v) is 8.49. The Morgan fingerprint density at radius 1 is 0.880 bits per heavy atom. The molecule has 0 unspecified atom stereocenters. The number of benzene rings is 1. The fourth-order valence-electron chi connectivity index (χ4n) is 1.61. The van der Waals surface area contributed by atoms with Gasteiger partial charge in [-0.25, -0.2) is 17.2 Å². The standard InChI is InChI=1S/C12H8Cl2F8O2S/c13-12(14,25(23,24)6-7-4-2-1-3-5-7)11(21,22)10(19,20)9(17,18)8(15)16/h1-5,8H,6H2. The lowest BCUT2D eigenvalue weighted by Gasteiger charge is -2.37. The van der Waals surface area contributed by atoms with Gasteiger partial charge in [0.2, 0.25) is 0 Å². The molecule has 0 spiro atoms. The van der Waals surface area contributed by atoms with E-state index >= 15 is 0 Å². The van der Waals surface area contributed by atoms with Crippen LogP contribution in [0.25, 0.3) is 0 Å². The van der Waals surface area contributed by atoms with E-state index in [9.17, 15) is 43.5 Å². The van der Waals surface area contributed by atoms with Crippen molar-refractivity contribution in [3.05, 3.63) is 35.9 Å². The molecule has 0 N–H and O–H groups in total. The summed E-state index contributed by atoms with van der Waals surface area (Å²) in [6.45, 7) is 0. The van der Waals surface area contributed by atoms with E-state index in [0.29, 0.717) is 0 Å². The van der Waals surface area contributed by atoms with Crippen molar-refractivity contribution < 1.29 is 43.5 Å². The molecule has 0 amide bonds. The molecule has 1 aromatic rings. The first kappa shape index (κ1) is 22.2. The van der Waals surface area contributed by atoms with Crippen LogP contribution in [0.5, 0.6) is 0 Å². The first-order chi connectivity index (χ1) is 11.0. The molecule has 0 aromatic heterocycles. The van der Waals surface area contributed by atoms with Crippen molar-refractivity contribution in [1.29, 1.82) is 0 Å². The van der Waals surface area contributed by atoms with Crippen LogP contribution in [0.1, 0.15) is 5.56 Å². The Balaban J connectivity index is 3.38. The van der Waals surface area contributed by atoms with Gasteiger partial charge in [0.15, 0.2) is 9.84 Å². The molecule has 0 fully saturated rings. The molecule has 0 radical (unpaired) electrons. The van der Waals surface area contributed by atoms with Gasteiger partial charge in [-0.15, -0.1) is 0 Å². The van der Waals surface area contributed by atoms with Gasteiger partial charge in [-0.3, -0.25) is 0 Å². The van der Waals surface area contributed by atoms with E-state index in [0.717, 1.165) is 12.1 Å². The van der Waals surface area contributed by atoms with Gasteiger partial charge in [0.05, 0.1) is 5.75 Å². The molecule has 25 heavy (non-hydrogen) atoms. The van der Waals surface area contributed by atoms with Crippen molar-refractivity contribution in [2.75, 3.05) is 0 Å². The summed E-state index contributed by atoms with van der Waals surface area (Å²) in [6, 6.07) is 6.06. The lowest BCUT2D eigenvalue weighted by molar-refractivity contribution is -0.336. The molecular weight excluding hydrogens is 431 g/mol. The molecule has 0 saturated carbocycles. The normalized spacial score (nSPS) is 14.8. The van der Waals surface area contributed by atoms with Crippen molar-refractivity contribution >= 4 is 33.0 Å². The maximum Gasteiger partial charge on any atom is 0.382 e. The molecular formula is C12H8Cl2F8O2S. The van der Waals surface area contributed by atoms with Crippen molar-refractivity contribution in [2.45, 2.75) is 33.6 Å². The van der Waals surface area contributed by atoms with Gasteiger partial charge in [-0.2, -0.15) is 26.3 Å². The average molecular weight is 439 g/mol. The van der Waals surface area contributed by atoms with Gasteiger partial charge < -0.3 is 0 Å². The van der Waals surface area contributed by atoms with Gasteiger partial charge in [-0.1, -0.05) is 53.5 Å². The summed E-state index contributed by atoms with van der Waals surface area (Å²) < 4.78 is 123. The first-order valence-electron chi connectivity index (χ1n) is 6.08. The Hall–Kier alpha value is -0.810. The quantitative estimate of drug-likeness (QED) is 0.448. The van der Waals surface area contributed by atoms with Crippen LogP contribution in [-0.2, 0) is 15.6 Å². The van der Waals surface area contributed by atoms with Crippen molar-refractivity contribution in [2.24, 2.45) is 0 Å². The van der Waals surface area contributed by atoms with E-state index in [4.69, 9.17) is 23.2 Å². The fourth-order valence-corrected chi connectivity index (χ4v) is 3.50. The lowest BCUT2D eigenvalue weighted by Crippen LogP contribution is -2.65. The maximum atomic E-state index is 13.8. The molecule has 1 aromatic carbocycles. The van der Waals surface area contributed by atoms with Crippen LogP contribution >= 0.6 is 23.2 Å². The molecule has 0 saturated heterocycles. The predicted octanol–water partition coefficient (Wildman–Crippen LogP) is 4.90. The van der Waals surface area contributed by atoms with E-state index in [2.05, 4.69) is 0 Å². The number of halogens is 10. The second kappa shape index (κ2) is 6.73. The second-order valence-electron chi connectivity index (χ2n) is 4.83. The highest BCUT2D eigenvalue weighted by Crippen LogP contribution is 2.58. The molecule has 0 heterocycles. The SMILES string of the molecule is O=S(=O)(Cc1ccccc1)C(Cl)(Cl)C(F)(F)C(F)(F)C(F)(F)C(F)F. The Bertz CT molecular complexity index is 707. The minimum absolute atomic E-state index is 0.229. The topological polar surface area (TPSA) is 34.1 Å². The molecule has 144 valence electrons. The molecule has 0 atom stereocenters. The Labute approximate surface area is 146 Å². The summed E-state index contributed by atoms with van der Waals surface area (Å²) in [5.41, 5.74) is -0.229. The molecule has 2 nitrogen and oxygen atoms in total. The minimum atomic E-state index is -6.86. The molecule has 0 aliphatic carbocycles. The molecule has 0 aliphatic rings. The zero-order valence-corrected chi connectivity index (χ0v) is 14.0. The Kier molecular flexibility index (Phi) is 5.98. The van der Waals surface area contributed by atoms with Crippen LogP contribution in [0.15, 0.2) is 30.3 Å². The molecule has 13 heteroatoms. The highest BCUT2D eigenvalue weighted by atomic mass is 35.5. The lowest BCUT2D eigenvalue weighted by atomic mass is 10.1. The smallest absolute Gasteiger partial charge is 0.225 e. The monoisotopic (exact) mass is 438 g/mol. The molecule has 0 bridgehead atoms. The van der Waals surface area contributed by atoms with Crippen molar-refractivity contribution in [3.63, 3.8) is 0 Å². The number of alkyl halides is 10. The summed E-state index contributed by atoms with van der Waals surface area (Å²) in [6.07, 6.45) is -5.23. The van der Waals surface area contributed by atoms with Crippen LogP contribution in [0.4, 0.5) is 35.1 Å². The van der Waals surface area contributed by atoms with Crippen LogP contribution in [0.3, 0.4) is 0 Å². The van der Waals surface area contributed by atoms with Gasteiger partial charge in [-0.05, 0) is 5.56 Å². The maximum absolute atomic E-state index is 13.8. The number of rotatable bonds is 7. The van der Waals surface area contributed by atoms with Gasteiger partial charge in [0.25, 0.3) is 3.67 Å². The minimum Gasteiger partial charge on any atom is -0.225 e. The highest BCUT2D eigenvalue weighted by molar-refractivity contribution is 7.94. The number of sulfone groups is 1. The van der Waals surface area contributed by atoms with E-state index in [-0.39, 0.29) is 5.56 Å². The average Bonchev–Trinajstić information content (AvgIpc) is 2.46. The van der Waals surface area contributed by atoms with E-state index < -0.39 is 43.4 Å². The van der Waals surface area contributed by atoms with Gasteiger partial charge in [0.1, 0.15) is 0 Å². The molecule has 1 rings (SSSR count). The van der Waals surface area contributed by atoms with E-state index in [1.165, 1.54) is 18.2 Å². The van der Waals surface area contributed by atoms with Gasteiger partial charge >= 0.3 is 24.2 Å². The summed E-state index contributed by atoms with van der Waals surface area (Å²) in [4.78, 5) is 0. The number of hydrogen-bond donors (Lipinski definition) is 0. The third-order valence-corrected chi connectivity index (χ3v) is 6.68. The Morgan fingerprint density at radius 2 is 1.32 bits per heavy atom. The summed E-state index contributed by atoms with van der Waals surface area (Å²) >= 11 is 9.67. The van der Waals surface area contributed by atoms with Gasteiger partial charge in [0, 0.05) is 0 Å². The third kappa shape index (κ3) is 3.55. The zero-order valence-electron chi connectivity index (χ0n) is 11.7. The zero-order chi connectivity index (χ0) is 19.9. The summed E-state index contributed by atoms with van der Waals surface area (Å²) in [7, 11) is -5.62. The number of hydrogen-bond acceptors (Lipinski definition) is 2.